The summed E-state index contributed by atoms with van der Waals surface area (Å²) in [5.41, 5.74) is 1.73. The van der Waals surface area contributed by atoms with E-state index in [1.165, 1.54) is 27.9 Å². The van der Waals surface area contributed by atoms with E-state index in [0.717, 1.165) is 17.5 Å². The zero-order chi connectivity index (χ0) is 21.0. The van der Waals surface area contributed by atoms with Gasteiger partial charge in [-0.1, -0.05) is 25.4 Å². The monoisotopic (exact) mass is 426 g/mol. The summed E-state index contributed by atoms with van der Waals surface area (Å²) < 4.78 is 15.4. The van der Waals surface area contributed by atoms with E-state index in [1.54, 1.807) is 12.3 Å². The number of nitrogens with one attached hydrogen (secondary N) is 1. The number of pyridine rings is 1. The number of fused-ring (bicyclic) bond motifs is 3. The van der Waals surface area contributed by atoms with Gasteiger partial charge in [0.25, 0.3) is 0 Å². The third-order valence-corrected chi connectivity index (χ3v) is 5.53. The lowest BCUT2D eigenvalue weighted by Crippen LogP contribution is -2.21. The first kappa shape index (κ1) is 18.6. The van der Waals surface area contributed by atoms with Gasteiger partial charge in [-0.3, -0.25) is 4.79 Å². The number of anilines is 1. The van der Waals surface area contributed by atoms with Crippen LogP contribution in [0.3, 0.4) is 0 Å². The molecule has 0 bridgehead atoms. The van der Waals surface area contributed by atoms with Crippen molar-refractivity contribution in [2.45, 2.75) is 31.6 Å². The summed E-state index contributed by atoms with van der Waals surface area (Å²) in [7, 11) is 0. The minimum Gasteiger partial charge on any atom is -0.324 e. The molecule has 0 fully saturated rings. The number of hydrogen-bond acceptors (Lipinski definition) is 6. The first-order valence-corrected chi connectivity index (χ1v) is 9.58. The SMILES string of the molecule is CC1(C)C[C@H](C(=O)Nc2cnc(-n3nccn3)c(Cl)c2)c2cnc3c(F)cnn3c21. The number of halogens is 2. The molecule has 1 aliphatic carbocycles. The van der Waals surface area contributed by atoms with Crippen molar-refractivity contribution < 1.29 is 9.18 Å². The average Bonchev–Trinajstić information content (AvgIpc) is 3.41. The number of carbonyl (C=O) groups excluding carboxylic acids is 1. The molecule has 0 aromatic carbocycles. The molecule has 4 heterocycles. The Kier molecular flexibility index (Phi) is 4.07. The highest BCUT2D eigenvalue weighted by Crippen LogP contribution is 2.46. The fraction of sp³-hybridized carbons (Fsp3) is 0.263. The largest absolute Gasteiger partial charge is 0.324 e. The highest BCUT2D eigenvalue weighted by molar-refractivity contribution is 6.32. The second-order valence-corrected chi connectivity index (χ2v) is 8.18. The van der Waals surface area contributed by atoms with Gasteiger partial charge in [-0.05, 0) is 12.5 Å². The summed E-state index contributed by atoms with van der Waals surface area (Å²) in [6.45, 7) is 4.00. The topological polar surface area (TPSA) is 103 Å². The Morgan fingerprint density at radius 3 is 2.70 bits per heavy atom. The van der Waals surface area contributed by atoms with Crippen LogP contribution in [0.25, 0.3) is 11.5 Å². The minimum absolute atomic E-state index is 0.154. The van der Waals surface area contributed by atoms with Gasteiger partial charge in [0.05, 0.1) is 47.1 Å². The summed E-state index contributed by atoms with van der Waals surface area (Å²) >= 11 is 6.29. The predicted molar refractivity (Wildman–Crippen MR) is 106 cm³/mol. The summed E-state index contributed by atoms with van der Waals surface area (Å²) in [6.07, 6.45) is 7.76. The van der Waals surface area contributed by atoms with Crippen LogP contribution in [0.15, 0.2) is 37.1 Å². The van der Waals surface area contributed by atoms with E-state index in [4.69, 9.17) is 11.6 Å². The lowest BCUT2D eigenvalue weighted by atomic mass is 9.88. The number of carbonyl (C=O) groups is 1. The minimum atomic E-state index is -0.492. The molecule has 0 saturated carbocycles. The Labute approximate surface area is 174 Å². The van der Waals surface area contributed by atoms with Crippen molar-refractivity contribution in [3.8, 4) is 5.82 Å². The molecule has 1 aliphatic rings. The highest BCUT2D eigenvalue weighted by Gasteiger charge is 2.43. The van der Waals surface area contributed by atoms with E-state index < -0.39 is 11.7 Å². The van der Waals surface area contributed by atoms with Crippen LogP contribution in [0.1, 0.15) is 37.4 Å². The van der Waals surface area contributed by atoms with Gasteiger partial charge < -0.3 is 5.32 Å². The van der Waals surface area contributed by atoms with Gasteiger partial charge in [-0.15, -0.1) is 4.80 Å². The van der Waals surface area contributed by atoms with Crippen molar-refractivity contribution in [1.82, 2.24) is 34.6 Å². The smallest absolute Gasteiger partial charge is 0.232 e. The molecule has 1 atom stereocenters. The molecule has 11 heteroatoms. The lowest BCUT2D eigenvalue weighted by molar-refractivity contribution is -0.117. The van der Waals surface area contributed by atoms with Gasteiger partial charge in [0.15, 0.2) is 17.3 Å². The van der Waals surface area contributed by atoms with Crippen molar-refractivity contribution in [3.05, 3.63) is 59.1 Å². The van der Waals surface area contributed by atoms with Crippen LogP contribution in [0.4, 0.5) is 10.1 Å². The molecule has 5 rings (SSSR count). The van der Waals surface area contributed by atoms with Gasteiger partial charge in [0.2, 0.25) is 5.91 Å². The second kappa shape index (κ2) is 6.56. The van der Waals surface area contributed by atoms with Crippen molar-refractivity contribution in [1.29, 1.82) is 0 Å². The number of nitrogens with zero attached hydrogens (tertiary/aromatic N) is 7. The third kappa shape index (κ3) is 2.83. The van der Waals surface area contributed by atoms with Gasteiger partial charge in [-0.25, -0.2) is 18.9 Å². The molecular formula is C19H16ClFN8O. The fourth-order valence-corrected chi connectivity index (χ4v) is 4.24. The van der Waals surface area contributed by atoms with Crippen molar-refractivity contribution in [3.63, 3.8) is 0 Å². The molecule has 0 spiro atoms. The number of aromatic nitrogens is 7. The van der Waals surface area contributed by atoms with Crippen LogP contribution in [-0.2, 0) is 10.2 Å². The Bertz CT molecular complexity index is 1280. The van der Waals surface area contributed by atoms with Crippen LogP contribution in [0.2, 0.25) is 5.02 Å². The lowest BCUT2D eigenvalue weighted by Gasteiger charge is -2.19. The molecule has 1 amide bonds. The molecule has 0 unspecified atom stereocenters. The Balaban J connectivity index is 1.46. The molecular weight excluding hydrogens is 411 g/mol. The first-order chi connectivity index (χ1) is 14.3. The van der Waals surface area contributed by atoms with Crippen LogP contribution in [0.5, 0.6) is 0 Å². The standard InChI is InChI=1S/C19H16ClFN8O/c1-19(2)6-11(12-8-23-17-14(21)9-26-28(17)15(12)19)18(30)27-10-5-13(20)16(22-7-10)29-24-3-4-25-29/h3-5,7-9,11H,6H2,1-2H3,(H,27,30)/t11-/m0/s1. The zero-order valence-electron chi connectivity index (χ0n) is 16.0. The summed E-state index contributed by atoms with van der Waals surface area (Å²) in [6, 6.07) is 1.59. The first-order valence-electron chi connectivity index (χ1n) is 9.21. The molecule has 0 saturated heterocycles. The Morgan fingerprint density at radius 1 is 1.20 bits per heavy atom. The number of amides is 1. The molecule has 4 aromatic rings. The summed E-state index contributed by atoms with van der Waals surface area (Å²) in [4.78, 5) is 22.8. The fourth-order valence-electron chi connectivity index (χ4n) is 4.00. The van der Waals surface area contributed by atoms with Crippen molar-refractivity contribution >= 4 is 28.8 Å². The molecule has 0 aliphatic heterocycles. The molecule has 4 aromatic heterocycles. The van der Waals surface area contributed by atoms with E-state index >= 15 is 0 Å². The van der Waals surface area contributed by atoms with E-state index in [2.05, 4.69) is 30.6 Å². The molecule has 1 N–H and O–H groups in total. The molecule has 152 valence electrons. The van der Waals surface area contributed by atoms with E-state index in [9.17, 15) is 9.18 Å². The molecule has 9 nitrogen and oxygen atoms in total. The maximum Gasteiger partial charge on any atom is 0.232 e. The van der Waals surface area contributed by atoms with Crippen molar-refractivity contribution in [2.24, 2.45) is 0 Å². The second-order valence-electron chi connectivity index (χ2n) is 7.77. The number of rotatable bonds is 3. The van der Waals surface area contributed by atoms with Gasteiger partial charge in [0.1, 0.15) is 0 Å². The molecule has 0 radical (unpaired) electrons. The van der Waals surface area contributed by atoms with Crippen LogP contribution in [0, 0.1) is 5.82 Å². The van der Waals surface area contributed by atoms with Gasteiger partial charge >= 0.3 is 0 Å². The van der Waals surface area contributed by atoms with Crippen LogP contribution in [-0.4, -0.2) is 40.5 Å². The third-order valence-electron chi connectivity index (χ3n) is 5.26. The van der Waals surface area contributed by atoms with E-state index in [-0.39, 0.29) is 17.0 Å². The summed E-state index contributed by atoms with van der Waals surface area (Å²) in [5.74, 6) is -0.822. The zero-order valence-corrected chi connectivity index (χ0v) is 16.8. The summed E-state index contributed by atoms with van der Waals surface area (Å²) in [5, 5.41) is 15.3. The predicted octanol–water partition coefficient (Wildman–Crippen LogP) is 2.90. The van der Waals surface area contributed by atoms with Gasteiger partial charge in [0, 0.05) is 17.2 Å². The van der Waals surface area contributed by atoms with Crippen LogP contribution >= 0.6 is 11.6 Å². The maximum atomic E-state index is 13.9. The quantitative estimate of drug-likeness (QED) is 0.540. The average molecular weight is 427 g/mol. The van der Waals surface area contributed by atoms with Crippen LogP contribution < -0.4 is 5.32 Å². The highest BCUT2D eigenvalue weighted by atomic mass is 35.5. The Hall–Kier alpha value is -3.40. The Morgan fingerprint density at radius 2 is 1.97 bits per heavy atom. The molecule has 30 heavy (non-hydrogen) atoms. The maximum absolute atomic E-state index is 13.9. The van der Waals surface area contributed by atoms with E-state index in [1.807, 2.05) is 13.8 Å². The number of hydrogen-bond donors (Lipinski definition) is 1. The van der Waals surface area contributed by atoms with E-state index in [0.29, 0.717) is 22.9 Å². The van der Waals surface area contributed by atoms with Crippen molar-refractivity contribution in [2.75, 3.05) is 5.32 Å². The van der Waals surface area contributed by atoms with Gasteiger partial charge in [-0.2, -0.15) is 15.3 Å². The normalized spacial score (nSPS) is 17.3.